The van der Waals surface area contributed by atoms with Gasteiger partial charge in [0.25, 0.3) is 0 Å². The van der Waals surface area contributed by atoms with Gasteiger partial charge in [0.15, 0.2) is 0 Å². The van der Waals surface area contributed by atoms with Gasteiger partial charge in [0.2, 0.25) is 7.65 Å². The summed E-state index contributed by atoms with van der Waals surface area (Å²) >= 11 is 6.10. The molecule has 0 radical (unpaired) electrons. The summed E-state index contributed by atoms with van der Waals surface area (Å²) < 4.78 is 8.04. The smallest absolute Gasteiger partial charge is 0.207 e. The van der Waals surface area contributed by atoms with Crippen LogP contribution in [-0.4, -0.2) is 23.4 Å². The van der Waals surface area contributed by atoms with Crippen molar-refractivity contribution in [2.24, 2.45) is 0 Å². The summed E-state index contributed by atoms with van der Waals surface area (Å²) in [6.45, 7) is 2.21. The Bertz CT molecular complexity index is 192. The lowest BCUT2D eigenvalue weighted by Gasteiger charge is -2.35. The van der Waals surface area contributed by atoms with Crippen molar-refractivity contribution in [1.29, 1.82) is 0 Å². The van der Waals surface area contributed by atoms with Crippen molar-refractivity contribution in [3.05, 3.63) is 0 Å². The van der Waals surface area contributed by atoms with Crippen molar-refractivity contribution in [3.63, 3.8) is 0 Å². The zero-order valence-electron chi connectivity index (χ0n) is 7.59. The quantitative estimate of drug-likeness (QED) is 0.566. The average Bonchev–Trinajstić information content (AvgIpc) is 2.24. The molecule has 2 rings (SSSR count). The van der Waals surface area contributed by atoms with Crippen LogP contribution in [0.3, 0.4) is 0 Å². The topological polar surface area (TPSA) is 12.5 Å². The molecule has 1 aliphatic carbocycles. The number of hydrogen-bond donors (Lipinski definition) is 0. The minimum atomic E-state index is -0.820. The number of nitrogens with zero attached hydrogens (tertiary/aromatic N) is 1. The maximum atomic E-state index is 6.10. The van der Waals surface area contributed by atoms with Gasteiger partial charge >= 0.3 is 0 Å². The predicted molar refractivity (Wildman–Crippen MR) is 52.3 cm³/mol. The maximum Gasteiger partial charge on any atom is 0.207 e. The molecule has 0 N–H and O–H groups in total. The molecule has 0 bridgehead atoms. The molecular weight excluding hydrogens is 193 g/mol. The van der Waals surface area contributed by atoms with Crippen LogP contribution in [0.2, 0.25) is 0 Å². The van der Waals surface area contributed by atoms with Gasteiger partial charge in [-0.3, -0.25) is 0 Å². The van der Waals surface area contributed by atoms with Crippen LogP contribution in [0.4, 0.5) is 0 Å². The molecule has 0 aromatic heterocycles. The second-order valence-electron chi connectivity index (χ2n) is 3.97. The summed E-state index contributed by atoms with van der Waals surface area (Å²) in [5, 5.41) is 0. The Labute approximate surface area is 79.9 Å². The maximum absolute atomic E-state index is 6.10. The van der Waals surface area contributed by atoms with Gasteiger partial charge in [-0.2, -0.15) is 0 Å². The Morgan fingerprint density at radius 2 is 2.33 bits per heavy atom. The van der Waals surface area contributed by atoms with Crippen molar-refractivity contribution in [3.8, 4) is 0 Å². The molecule has 0 aromatic carbocycles. The van der Waals surface area contributed by atoms with E-state index in [1.54, 1.807) is 0 Å². The molecule has 12 heavy (non-hydrogen) atoms. The normalized spacial score (nSPS) is 49.2. The molecule has 1 unspecified atom stereocenters. The fraction of sp³-hybridized carbons (Fsp3) is 1.00. The van der Waals surface area contributed by atoms with Crippen LogP contribution in [-0.2, 0) is 4.52 Å². The Hall–Kier alpha value is 0.640. The van der Waals surface area contributed by atoms with E-state index in [2.05, 4.69) is 18.6 Å². The van der Waals surface area contributed by atoms with E-state index in [-0.39, 0.29) is 5.60 Å². The van der Waals surface area contributed by atoms with Gasteiger partial charge in [-0.05, 0) is 38.1 Å². The van der Waals surface area contributed by atoms with Crippen LogP contribution >= 0.6 is 18.9 Å². The van der Waals surface area contributed by atoms with Gasteiger partial charge < -0.3 is 4.52 Å². The van der Waals surface area contributed by atoms with Gasteiger partial charge in [0.05, 0.1) is 5.60 Å². The molecule has 1 saturated heterocycles. The Kier molecular flexibility index (Phi) is 2.37. The molecule has 1 heterocycles. The van der Waals surface area contributed by atoms with Gasteiger partial charge in [0.1, 0.15) is 0 Å². The second-order valence-corrected chi connectivity index (χ2v) is 6.10. The SMILES string of the molecule is CN1[C@H]2CCCC[C@@]2(C)OP1Cl. The molecule has 2 nitrogen and oxygen atoms in total. The number of rotatable bonds is 0. The number of likely N-dealkylation sites (N-methyl/N-ethyl adjacent to an activating group) is 1. The average molecular weight is 208 g/mol. The Morgan fingerprint density at radius 3 is 3.00 bits per heavy atom. The van der Waals surface area contributed by atoms with Crippen molar-refractivity contribution in [2.45, 2.75) is 44.2 Å². The highest BCUT2D eigenvalue weighted by molar-refractivity contribution is 7.78. The van der Waals surface area contributed by atoms with Gasteiger partial charge in [-0.25, -0.2) is 4.67 Å². The van der Waals surface area contributed by atoms with Crippen molar-refractivity contribution in [2.75, 3.05) is 7.05 Å². The Balaban J connectivity index is 2.18. The number of halogens is 1. The largest absolute Gasteiger partial charge is 0.323 e. The van der Waals surface area contributed by atoms with Crippen molar-refractivity contribution < 1.29 is 4.52 Å². The molecular formula is C8H15ClNOP. The summed E-state index contributed by atoms with van der Waals surface area (Å²) in [5.74, 6) is 0. The van der Waals surface area contributed by atoms with Crippen LogP contribution in [0.15, 0.2) is 0 Å². The highest BCUT2D eigenvalue weighted by atomic mass is 35.7. The van der Waals surface area contributed by atoms with Gasteiger partial charge in [-0.15, -0.1) is 0 Å². The van der Waals surface area contributed by atoms with E-state index >= 15 is 0 Å². The first kappa shape index (κ1) is 9.21. The molecule has 0 amide bonds. The highest BCUT2D eigenvalue weighted by Crippen LogP contribution is 2.61. The van der Waals surface area contributed by atoms with Gasteiger partial charge in [-0.1, -0.05) is 12.8 Å². The molecule has 2 fully saturated rings. The number of fused-ring (bicyclic) bond motifs is 1. The van der Waals surface area contributed by atoms with E-state index in [9.17, 15) is 0 Å². The first-order chi connectivity index (χ1) is 5.63. The summed E-state index contributed by atoms with van der Waals surface area (Å²) in [4.78, 5) is 0. The first-order valence-electron chi connectivity index (χ1n) is 4.51. The molecule has 3 atom stereocenters. The monoisotopic (exact) mass is 207 g/mol. The van der Waals surface area contributed by atoms with Gasteiger partial charge in [0, 0.05) is 6.04 Å². The summed E-state index contributed by atoms with van der Waals surface area (Å²) in [7, 11) is 1.26. The van der Waals surface area contributed by atoms with E-state index in [4.69, 9.17) is 15.8 Å². The van der Waals surface area contributed by atoms with Crippen LogP contribution in [0.5, 0.6) is 0 Å². The Morgan fingerprint density at radius 1 is 1.58 bits per heavy atom. The van der Waals surface area contributed by atoms with Crippen molar-refractivity contribution in [1.82, 2.24) is 4.67 Å². The van der Waals surface area contributed by atoms with Crippen molar-refractivity contribution >= 4 is 18.9 Å². The summed E-state index contributed by atoms with van der Waals surface area (Å²) in [6, 6.07) is 0.565. The lowest BCUT2D eigenvalue weighted by Crippen LogP contribution is -2.43. The van der Waals surface area contributed by atoms with Crippen LogP contribution in [0.25, 0.3) is 0 Å². The zero-order chi connectivity index (χ0) is 8.77. The molecule has 0 aromatic rings. The molecule has 2 aliphatic rings. The molecule has 1 saturated carbocycles. The van der Waals surface area contributed by atoms with E-state index in [1.807, 2.05) is 0 Å². The summed E-state index contributed by atoms with van der Waals surface area (Å²) in [5.41, 5.74) is 0.0560. The first-order valence-corrected chi connectivity index (χ1v) is 6.63. The van der Waals surface area contributed by atoms with Crippen LogP contribution < -0.4 is 0 Å². The van der Waals surface area contributed by atoms with E-state index in [0.29, 0.717) is 6.04 Å². The zero-order valence-corrected chi connectivity index (χ0v) is 9.24. The molecule has 1 aliphatic heterocycles. The minimum Gasteiger partial charge on any atom is -0.323 e. The van der Waals surface area contributed by atoms with E-state index in [0.717, 1.165) is 0 Å². The molecule has 70 valence electrons. The fourth-order valence-electron chi connectivity index (χ4n) is 2.32. The second kappa shape index (κ2) is 3.09. The molecule has 4 heteroatoms. The highest BCUT2D eigenvalue weighted by Gasteiger charge is 2.49. The molecule has 0 spiro atoms. The third-order valence-corrected chi connectivity index (χ3v) is 5.35. The standard InChI is InChI=1S/C8H15ClNOP/c1-8-6-4-3-5-7(8)10(2)12(9)11-8/h7H,3-6H2,1-2H3/t7-,8+,12?/m0/s1. The predicted octanol–water partition coefficient (Wildman–Crippen LogP) is 3.12. The third kappa shape index (κ3) is 1.29. The third-order valence-electron chi connectivity index (χ3n) is 3.09. The van der Waals surface area contributed by atoms with Crippen LogP contribution in [0.1, 0.15) is 32.6 Å². The summed E-state index contributed by atoms with van der Waals surface area (Å²) in [6.07, 6.45) is 5.04. The fourth-order valence-corrected chi connectivity index (χ4v) is 4.37. The van der Waals surface area contributed by atoms with E-state index < -0.39 is 7.65 Å². The van der Waals surface area contributed by atoms with Crippen LogP contribution in [0, 0.1) is 0 Å². The van der Waals surface area contributed by atoms with E-state index in [1.165, 1.54) is 25.7 Å². The number of hydrogen-bond acceptors (Lipinski definition) is 2. The lowest BCUT2D eigenvalue weighted by molar-refractivity contribution is 0.0487. The minimum absolute atomic E-state index is 0.0560. The lowest BCUT2D eigenvalue weighted by atomic mass is 9.82.